The van der Waals surface area contributed by atoms with Gasteiger partial charge < -0.3 is 20.6 Å². The summed E-state index contributed by atoms with van der Waals surface area (Å²) >= 11 is 0. The maximum Gasteiger partial charge on any atom is 0.220 e. The van der Waals surface area contributed by atoms with Gasteiger partial charge in [0.05, 0.1) is 18.8 Å². The van der Waals surface area contributed by atoms with Crippen LogP contribution in [-0.4, -0.2) is 46.1 Å². The minimum Gasteiger partial charge on any atom is -0.394 e. The van der Waals surface area contributed by atoms with Gasteiger partial charge in [-0.3, -0.25) is 4.79 Å². The molecule has 0 aliphatic carbocycles. The number of hydrogen-bond donors (Lipinski definition) is 4. The van der Waals surface area contributed by atoms with Crippen molar-refractivity contribution in [3.8, 4) is 0 Å². The molecule has 0 aliphatic rings. The van der Waals surface area contributed by atoms with E-state index in [9.17, 15) is 20.1 Å². The van der Waals surface area contributed by atoms with Crippen LogP contribution in [0.25, 0.3) is 0 Å². The first-order chi connectivity index (χ1) is 21.1. The van der Waals surface area contributed by atoms with Crippen molar-refractivity contribution in [2.45, 2.75) is 231 Å². The third-order valence-electron chi connectivity index (χ3n) is 9.21. The molecule has 0 spiro atoms. The zero-order valence-corrected chi connectivity index (χ0v) is 29.1. The van der Waals surface area contributed by atoms with Crippen LogP contribution in [0.2, 0.25) is 0 Å². The van der Waals surface area contributed by atoms with Crippen molar-refractivity contribution < 1.29 is 20.1 Å². The number of rotatable bonds is 35. The molecule has 4 N–H and O–H groups in total. The van der Waals surface area contributed by atoms with Gasteiger partial charge in [0.15, 0.2) is 0 Å². The van der Waals surface area contributed by atoms with E-state index in [0.717, 1.165) is 32.1 Å². The smallest absolute Gasteiger partial charge is 0.220 e. The second-order valence-electron chi connectivity index (χ2n) is 13.5. The standard InChI is InChI=1S/C38H77NO4/c1-3-5-7-9-11-13-15-17-18-19-21-23-25-27-29-31-33-37(42)39-35(34-40)38(43)36(41)32-30-28-26-24-22-20-16-14-12-10-8-6-4-2/h35-36,38,40-41,43H,3-34H2,1-2H3,(H,39,42)/t35-,36+,38-/m0/s1. The highest BCUT2D eigenvalue weighted by molar-refractivity contribution is 5.76. The number of aliphatic hydroxyl groups excluding tert-OH is 3. The van der Waals surface area contributed by atoms with Crippen molar-refractivity contribution in [2.24, 2.45) is 0 Å². The molecule has 5 heteroatoms. The maximum atomic E-state index is 12.4. The molecule has 0 fully saturated rings. The van der Waals surface area contributed by atoms with Crippen molar-refractivity contribution >= 4 is 5.91 Å². The molecule has 258 valence electrons. The molecule has 0 aromatic rings. The monoisotopic (exact) mass is 612 g/mol. The Morgan fingerprint density at radius 3 is 1.12 bits per heavy atom. The van der Waals surface area contributed by atoms with E-state index in [1.165, 1.54) is 154 Å². The predicted octanol–water partition coefficient (Wildman–Crippen LogP) is 10.3. The van der Waals surface area contributed by atoms with Gasteiger partial charge in [-0.25, -0.2) is 0 Å². The van der Waals surface area contributed by atoms with E-state index < -0.39 is 18.2 Å². The molecule has 0 saturated heterocycles. The Bertz CT molecular complexity index is 558. The van der Waals surface area contributed by atoms with Crippen molar-refractivity contribution in [1.29, 1.82) is 0 Å². The SMILES string of the molecule is CCCCCCCCCCCCCCCCCCC(=O)N[C@@H](CO)[C@H](O)[C@H](O)CCCCCCCCCCCCCCC. The van der Waals surface area contributed by atoms with Crippen LogP contribution >= 0.6 is 0 Å². The average molecular weight is 612 g/mol. The summed E-state index contributed by atoms with van der Waals surface area (Å²) in [5.74, 6) is -0.142. The third-order valence-corrected chi connectivity index (χ3v) is 9.21. The molecule has 5 nitrogen and oxygen atoms in total. The molecule has 0 aromatic heterocycles. The highest BCUT2D eigenvalue weighted by Gasteiger charge is 2.26. The Kier molecular flexibility index (Phi) is 33.7. The normalized spacial score (nSPS) is 13.7. The first-order valence-electron chi connectivity index (χ1n) is 19.3. The van der Waals surface area contributed by atoms with Crippen LogP contribution in [0.5, 0.6) is 0 Å². The summed E-state index contributed by atoms with van der Waals surface area (Å²) in [5.41, 5.74) is 0. The van der Waals surface area contributed by atoms with Crippen LogP contribution in [0.15, 0.2) is 0 Å². The lowest BCUT2D eigenvalue weighted by atomic mass is 9.99. The highest BCUT2D eigenvalue weighted by Crippen LogP contribution is 2.16. The van der Waals surface area contributed by atoms with Crippen molar-refractivity contribution in [3.63, 3.8) is 0 Å². The summed E-state index contributed by atoms with van der Waals surface area (Å²) in [7, 11) is 0. The average Bonchev–Trinajstić information content (AvgIpc) is 3.01. The first kappa shape index (κ1) is 42.3. The summed E-state index contributed by atoms with van der Waals surface area (Å²) < 4.78 is 0. The Hall–Kier alpha value is -0.650. The molecule has 0 heterocycles. The molecule has 0 saturated carbocycles. The molecular weight excluding hydrogens is 534 g/mol. The zero-order valence-electron chi connectivity index (χ0n) is 29.1. The van der Waals surface area contributed by atoms with Crippen molar-refractivity contribution in [1.82, 2.24) is 5.32 Å². The number of carbonyl (C=O) groups excluding carboxylic acids is 1. The third kappa shape index (κ3) is 29.8. The second kappa shape index (κ2) is 34.2. The Balaban J connectivity index is 3.64. The number of amides is 1. The van der Waals surface area contributed by atoms with Crippen LogP contribution in [0.3, 0.4) is 0 Å². The highest BCUT2D eigenvalue weighted by atomic mass is 16.3. The van der Waals surface area contributed by atoms with Gasteiger partial charge >= 0.3 is 0 Å². The maximum absolute atomic E-state index is 12.4. The van der Waals surface area contributed by atoms with Gasteiger partial charge in [0.1, 0.15) is 6.10 Å². The van der Waals surface area contributed by atoms with Crippen LogP contribution in [-0.2, 0) is 4.79 Å². The summed E-state index contributed by atoms with van der Waals surface area (Å²) in [6.45, 7) is 4.18. The Morgan fingerprint density at radius 2 is 0.791 bits per heavy atom. The largest absolute Gasteiger partial charge is 0.394 e. The molecule has 1 amide bonds. The lowest BCUT2D eigenvalue weighted by molar-refractivity contribution is -0.124. The van der Waals surface area contributed by atoms with E-state index in [0.29, 0.717) is 12.8 Å². The lowest BCUT2D eigenvalue weighted by Gasteiger charge is -2.26. The van der Waals surface area contributed by atoms with Gasteiger partial charge in [-0.15, -0.1) is 0 Å². The zero-order chi connectivity index (χ0) is 31.6. The Labute approximate surface area is 268 Å². The van der Waals surface area contributed by atoms with E-state index in [1.807, 2.05) is 0 Å². The van der Waals surface area contributed by atoms with Crippen LogP contribution in [0.1, 0.15) is 213 Å². The van der Waals surface area contributed by atoms with Gasteiger partial charge in [-0.05, 0) is 12.8 Å². The molecule has 0 aromatic carbocycles. The minimum absolute atomic E-state index is 0.142. The fraction of sp³-hybridized carbons (Fsp3) is 0.974. The van der Waals surface area contributed by atoms with Gasteiger partial charge in [-0.1, -0.05) is 194 Å². The van der Waals surface area contributed by atoms with Gasteiger partial charge in [0.2, 0.25) is 5.91 Å². The fourth-order valence-corrected chi connectivity index (χ4v) is 6.16. The molecule has 3 atom stereocenters. The van der Waals surface area contributed by atoms with Crippen LogP contribution in [0, 0.1) is 0 Å². The quantitative estimate of drug-likeness (QED) is 0.0537. The number of unbranched alkanes of at least 4 members (excludes halogenated alkanes) is 27. The van der Waals surface area contributed by atoms with Crippen LogP contribution in [0.4, 0.5) is 0 Å². The van der Waals surface area contributed by atoms with Gasteiger partial charge in [0, 0.05) is 6.42 Å². The lowest BCUT2D eigenvalue weighted by Crippen LogP contribution is -2.50. The molecule has 0 unspecified atom stereocenters. The molecule has 0 radical (unpaired) electrons. The number of nitrogens with one attached hydrogen (secondary N) is 1. The van der Waals surface area contributed by atoms with Crippen molar-refractivity contribution in [2.75, 3.05) is 6.61 Å². The molecule has 0 bridgehead atoms. The Morgan fingerprint density at radius 1 is 0.488 bits per heavy atom. The van der Waals surface area contributed by atoms with Gasteiger partial charge in [0.25, 0.3) is 0 Å². The van der Waals surface area contributed by atoms with E-state index in [4.69, 9.17) is 0 Å². The van der Waals surface area contributed by atoms with Crippen molar-refractivity contribution in [3.05, 3.63) is 0 Å². The number of carbonyl (C=O) groups is 1. The first-order valence-corrected chi connectivity index (χ1v) is 19.3. The fourth-order valence-electron chi connectivity index (χ4n) is 6.16. The molecule has 0 aliphatic heterocycles. The van der Waals surface area contributed by atoms with E-state index in [1.54, 1.807) is 0 Å². The number of aliphatic hydroxyl groups is 3. The predicted molar refractivity (Wildman–Crippen MR) is 186 cm³/mol. The topological polar surface area (TPSA) is 89.8 Å². The summed E-state index contributed by atoms with van der Waals surface area (Å²) in [4.78, 5) is 12.4. The summed E-state index contributed by atoms with van der Waals surface area (Å²) in [6, 6.07) is -0.800. The van der Waals surface area contributed by atoms with Crippen LogP contribution < -0.4 is 5.32 Å². The van der Waals surface area contributed by atoms with E-state index in [-0.39, 0.29) is 12.5 Å². The molecular formula is C38H77NO4. The summed E-state index contributed by atoms with van der Waals surface area (Å²) in [6.07, 6.45) is 36.2. The van der Waals surface area contributed by atoms with Gasteiger partial charge in [-0.2, -0.15) is 0 Å². The van der Waals surface area contributed by atoms with E-state index in [2.05, 4.69) is 19.2 Å². The molecule has 43 heavy (non-hydrogen) atoms. The van der Waals surface area contributed by atoms with E-state index >= 15 is 0 Å². The molecule has 0 rings (SSSR count). The minimum atomic E-state index is -1.13. The number of hydrogen-bond acceptors (Lipinski definition) is 4. The summed E-state index contributed by atoms with van der Waals surface area (Å²) in [5, 5.41) is 33.4. The second-order valence-corrected chi connectivity index (χ2v) is 13.5.